The molecule has 1 amide bonds. The van der Waals surface area contributed by atoms with Crippen molar-refractivity contribution in [3.8, 4) is 6.07 Å². The lowest BCUT2D eigenvalue weighted by molar-refractivity contribution is -0.120. The first kappa shape index (κ1) is 12.9. The maximum atomic E-state index is 11.3. The van der Waals surface area contributed by atoms with Gasteiger partial charge in [0.25, 0.3) is 0 Å². The van der Waals surface area contributed by atoms with Gasteiger partial charge < -0.3 is 10.6 Å². The Labute approximate surface area is 100 Å². The van der Waals surface area contributed by atoms with Crippen LogP contribution in [0.5, 0.6) is 0 Å². The minimum Gasteiger partial charge on any atom is -0.367 e. The van der Waals surface area contributed by atoms with Gasteiger partial charge in [0.1, 0.15) is 6.07 Å². The lowest BCUT2D eigenvalue weighted by Gasteiger charge is -2.06. The number of amides is 1. The third kappa shape index (κ3) is 4.47. The molecule has 0 aliphatic rings. The zero-order valence-electron chi connectivity index (χ0n) is 9.73. The summed E-state index contributed by atoms with van der Waals surface area (Å²) in [5.74, 6) is 0.403. The van der Waals surface area contributed by atoms with E-state index in [4.69, 9.17) is 5.26 Å². The van der Waals surface area contributed by atoms with Gasteiger partial charge in [0.05, 0.1) is 0 Å². The van der Waals surface area contributed by atoms with Crippen LogP contribution in [0.25, 0.3) is 0 Å². The summed E-state index contributed by atoms with van der Waals surface area (Å²) in [5, 5.41) is 14.5. The molecule has 0 fully saturated rings. The van der Waals surface area contributed by atoms with Crippen LogP contribution in [-0.2, 0) is 4.79 Å². The Morgan fingerprint density at radius 3 is 2.88 bits per heavy atom. The van der Waals surface area contributed by atoms with E-state index in [1.54, 1.807) is 0 Å². The molecule has 0 bridgehead atoms. The number of aromatic nitrogens is 2. The molecule has 2 N–H and O–H groups in total. The van der Waals surface area contributed by atoms with Crippen LogP contribution < -0.4 is 10.6 Å². The predicted octanol–water partition coefficient (Wildman–Crippen LogP) is 0.676. The smallest absolute Gasteiger partial charge is 0.221 e. The normalized spacial score (nSPS) is 9.41. The minimum atomic E-state index is -0.0123. The lowest BCUT2D eigenvalue weighted by Crippen LogP contribution is -2.26. The summed E-state index contributed by atoms with van der Waals surface area (Å²) in [6, 6.07) is 1.93. The molecule has 1 rings (SSSR count). The van der Waals surface area contributed by atoms with Crippen LogP contribution in [0, 0.1) is 11.3 Å². The zero-order valence-corrected chi connectivity index (χ0v) is 9.73. The lowest BCUT2D eigenvalue weighted by atomic mass is 10.3. The summed E-state index contributed by atoms with van der Waals surface area (Å²) in [4.78, 5) is 19.1. The summed E-state index contributed by atoms with van der Waals surface area (Å²) in [7, 11) is 0. The number of carbonyl (C=O) groups is 1. The van der Waals surface area contributed by atoms with Gasteiger partial charge in [0.2, 0.25) is 5.91 Å². The second-order valence-electron chi connectivity index (χ2n) is 3.39. The number of hydrogen-bond donors (Lipinski definition) is 2. The maximum Gasteiger partial charge on any atom is 0.221 e. The van der Waals surface area contributed by atoms with E-state index in [2.05, 4.69) is 20.6 Å². The third-order valence-electron chi connectivity index (χ3n) is 2.02. The average molecular weight is 233 g/mol. The van der Waals surface area contributed by atoms with Crippen LogP contribution >= 0.6 is 0 Å². The molecule has 0 atom stereocenters. The van der Waals surface area contributed by atoms with E-state index >= 15 is 0 Å². The summed E-state index contributed by atoms with van der Waals surface area (Å²) in [5.41, 5.74) is 0.237. The van der Waals surface area contributed by atoms with Gasteiger partial charge in [0, 0.05) is 31.9 Å². The standard InChI is InChI=1S/C11H15N5O/c1-2-4-14-10(17)3-5-15-11-9(8-12)13-6-7-16-11/h6-7H,2-5H2,1H3,(H,14,17)(H,15,16). The second kappa shape index (κ2) is 7.17. The van der Waals surface area contributed by atoms with Crippen molar-refractivity contribution in [1.82, 2.24) is 15.3 Å². The molecule has 0 aliphatic heterocycles. The van der Waals surface area contributed by atoms with Crippen LogP contribution in [0.3, 0.4) is 0 Å². The maximum absolute atomic E-state index is 11.3. The van der Waals surface area contributed by atoms with E-state index in [0.717, 1.165) is 6.42 Å². The van der Waals surface area contributed by atoms with Gasteiger partial charge in [-0.25, -0.2) is 9.97 Å². The largest absolute Gasteiger partial charge is 0.367 e. The molecular weight excluding hydrogens is 218 g/mol. The summed E-state index contributed by atoms with van der Waals surface area (Å²) >= 11 is 0. The van der Waals surface area contributed by atoms with E-state index < -0.39 is 0 Å². The Morgan fingerprint density at radius 2 is 2.18 bits per heavy atom. The van der Waals surface area contributed by atoms with Gasteiger partial charge in [-0.3, -0.25) is 4.79 Å². The van der Waals surface area contributed by atoms with Crippen molar-refractivity contribution >= 4 is 11.7 Å². The number of nitrogens with one attached hydrogen (secondary N) is 2. The highest BCUT2D eigenvalue weighted by molar-refractivity contribution is 5.76. The number of anilines is 1. The third-order valence-corrected chi connectivity index (χ3v) is 2.02. The predicted molar refractivity (Wildman–Crippen MR) is 63.2 cm³/mol. The monoisotopic (exact) mass is 233 g/mol. The zero-order chi connectivity index (χ0) is 12.5. The molecule has 1 aromatic heterocycles. The van der Waals surface area contributed by atoms with Gasteiger partial charge in [-0.2, -0.15) is 5.26 Å². The fourth-order valence-electron chi connectivity index (χ4n) is 1.20. The molecule has 0 aliphatic carbocycles. The Balaban J connectivity index is 2.36. The Morgan fingerprint density at radius 1 is 1.41 bits per heavy atom. The summed E-state index contributed by atoms with van der Waals surface area (Å²) in [6.45, 7) is 3.12. The number of carbonyl (C=O) groups excluding carboxylic acids is 1. The molecule has 0 spiro atoms. The van der Waals surface area contributed by atoms with Crippen molar-refractivity contribution in [2.24, 2.45) is 0 Å². The molecular formula is C11H15N5O. The quantitative estimate of drug-likeness (QED) is 0.753. The fraction of sp³-hybridized carbons (Fsp3) is 0.455. The molecule has 0 aromatic carbocycles. The van der Waals surface area contributed by atoms with Crippen LogP contribution in [0.4, 0.5) is 5.82 Å². The molecule has 6 nitrogen and oxygen atoms in total. The first-order valence-corrected chi connectivity index (χ1v) is 5.49. The van der Waals surface area contributed by atoms with Crippen molar-refractivity contribution in [3.63, 3.8) is 0 Å². The van der Waals surface area contributed by atoms with E-state index in [1.807, 2.05) is 13.0 Å². The van der Waals surface area contributed by atoms with Crippen LogP contribution in [0.15, 0.2) is 12.4 Å². The summed E-state index contributed by atoms with van der Waals surface area (Å²) < 4.78 is 0. The molecule has 1 aromatic rings. The van der Waals surface area contributed by atoms with E-state index in [0.29, 0.717) is 25.3 Å². The van der Waals surface area contributed by atoms with E-state index in [-0.39, 0.29) is 11.6 Å². The van der Waals surface area contributed by atoms with Gasteiger partial charge in [0.15, 0.2) is 11.5 Å². The second-order valence-corrected chi connectivity index (χ2v) is 3.39. The first-order valence-electron chi connectivity index (χ1n) is 5.49. The van der Waals surface area contributed by atoms with Crippen molar-refractivity contribution in [2.45, 2.75) is 19.8 Å². The molecule has 90 valence electrons. The highest BCUT2D eigenvalue weighted by Gasteiger charge is 2.04. The van der Waals surface area contributed by atoms with Crippen LogP contribution in [0.1, 0.15) is 25.5 Å². The van der Waals surface area contributed by atoms with Crippen molar-refractivity contribution in [1.29, 1.82) is 5.26 Å². The van der Waals surface area contributed by atoms with Gasteiger partial charge in [-0.1, -0.05) is 6.92 Å². The average Bonchev–Trinajstić information content (AvgIpc) is 2.37. The number of nitrogens with zero attached hydrogens (tertiary/aromatic N) is 3. The van der Waals surface area contributed by atoms with Crippen molar-refractivity contribution in [3.05, 3.63) is 18.1 Å². The fourth-order valence-corrected chi connectivity index (χ4v) is 1.20. The van der Waals surface area contributed by atoms with E-state index in [9.17, 15) is 4.79 Å². The number of hydrogen-bond acceptors (Lipinski definition) is 5. The van der Waals surface area contributed by atoms with Crippen molar-refractivity contribution in [2.75, 3.05) is 18.4 Å². The molecule has 0 unspecified atom stereocenters. The van der Waals surface area contributed by atoms with Crippen LogP contribution in [-0.4, -0.2) is 29.0 Å². The van der Waals surface area contributed by atoms with E-state index in [1.165, 1.54) is 12.4 Å². The molecule has 6 heteroatoms. The Kier molecular flexibility index (Phi) is 5.44. The SMILES string of the molecule is CCCNC(=O)CCNc1nccnc1C#N. The summed E-state index contributed by atoms with van der Waals surface area (Å²) in [6.07, 6.45) is 4.22. The Hall–Kier alpha value is -2.16. The minimum absolute atomic E-state index is 0.0123. The molecule has 0 saturated carbocycles. The topological polar surface area (TPSA) is 90.7 Å². The number of nitriles is 1. The van der Waals surface area contributed by atoms with Gasteiger partial charge in [-0.15, -0.1) is 0 Å². The molecule has 1 heterocycles. The number of rotatable bonds is 6. The van der Waals surface area contributed by atoms with Crippen LogP contribution in [0.2, 0.25) is 0 Å². The first-order chi connectivity index (χ1) is 8.27. The molecule has 17 heavy (non-hydrogen) atoms. The highest BCUT2D eigenvalue weighted by atomic mass is 16.1. The van der Waals surface area contributed by atoms with Crippen molar-refractivity contribution < 1.29 is 4.79 Å². The van der Waals surface area contributed by atoms with Gasteiger partial charge in [-0.05, 0) is 6.42 Å². The highest BCUT2D eigenvalue weighted by Crippen LogP contribution is 2.05. The van der Waals surface area contributed by atoms with Gasteiger partial charge >= 0.3 is 0 Å². The molecule has 0 saturated heterocycles. The molecule has 0 radical (unpaired) electrons. The Bertz CT molecular complexity index is 413.